The van der Waals surface area contributed by atoms with Crippen molar-refractivity contribution in [3.8, 4) is 11.5 Å². The Morgan fingerprint density at radius 1 is 1.04 bits per heavy atom. The molecule has 0 aliphatic heterocycles. The number of hydrogen-bond donors (Lipinski definition) is 5. The van der Waals surface area contributed by atoms with Gasteiger partial charge in [0.2, 0.25) is 5.91 Å². The van der Waals surface area contributed by atoms with Crippen molar-refractivity contribution in [3.05, 3.63) is 60.2 Å². The third-order valence-corrected chi connectivity index (χ3v) is 11.2. The Balaban J connectivity index is 1.03. The van der Waals surface area contributed by atoms with Crippen LogP contribution in [0.15, 0.2) is 49.1 Å². The minimum Gasteiger partial charge on any atom is -0.497 e. The van der Waals surface area contributed by atoms with Gasteiger partial charge in [-0.05, 0) is 80.7 Å². The molecule has 2 fully saturated rings. The fraction of sp³-hybridized carbons (Fsp3) is 0.550. The van der Waals surface area contributed by atoms with E-state index in [9.17, 15) is 15.0 Å². The number of fused-ring (bicyclic) bond motifs is 1. The van der Waals surface area contributed by atoms with Crippen LogP contribution in [0.4, 0.5) is 17.2 Å². The zero-order chi connectivity index (χ0) is 38.0. The summed E-state index contributed by atoms with van der Waals surface area (Å²) < 4.78 is 12.7. The molecule has 4 aromatic rings. The van der Waals surface area contributed by atoms with E-state index in [1.165, 1.54) is 6.33 Å². The molecule has 4 unspecified atom stereocenters. The van der Waals surface area contributed by atoms with Crippen LogP contribution in [0.5, 0.6) is 11.5 Å². The van der Waals surface area contributed by atoms with Crippen LogP contribution in [0.1, 0.15) is 83.9 Å². The second kappa shape index (κ2) is 15.9. The molecule has 0 radical (unpaired) electrons. The van der Waals surface area contributed by atoms with Gasteiger partial charge in [0.15, 0.2) is 11.5 Å². The van der Waals surface area contributed by atoms with Crippen molar-refractivity contribution in [1.82, 2.24) is 24.4 Å². The molecule has 0 spiro atoms. The molecule has 2 aliphatic rings. The Bertz CT molecular complexity index is 1880. The molecule has 2 aromatic carbocycles. The summed E-state index contributed by atoms with van der Waals surface area (Å²) in [6.07, 6.45) is 5.18. The number of rotatable bonds is 14. The second-order valence-corrected chi connectivity index (χ2v) is 16.0. The number of methoxy groups -OCH3 is 2. The summed E-state index contributed by atoms with van der Waals surface area (Å²) in [6, 6.07) is 11.8. The molecule has 2 saturated carbocycles. The molecule has 6 N–H and O–H groups in total. The highest BCUT2D eigenvalue weighted by molar-refractivity contribution is 5.94. The molecule has 2 heterocycles. The predicted octanol–water partition coefficient (Wildman–Crippen LogP) is 5.53. The van der Waals surface area contributed by atoms with Gasteiger partial charge in [0, 0.05) is 49.1 Å². The average molecular weight is 729 g/mol. The number of carbonyl (C=O) groups is 1. The molecule has 13 nitrogen and oxygen atoms in total. The third kappa shape index (κ3) is 8.37. The topological polar surface area (TPSA) is 173 Å². The lowest BCUT2D eigenvalue weighted by atomic mass is 9.76. The van der Waals surface area contributed by atoms with Gasteiger partial charge in [-0.2, -0.15) is 0 Å². The number of anilines is 3. The highest BCUT2D eigenvalue weighted by Crippen LogP contribution is 2.41. The van der Waals surface area contributed by atoms with E-state index < -0.39 is 12.2 Å². The van der Waals surface area contributed by atoms with Crippen molar-refractivity contribution in [2.75, 3.05) is 37.1 Å². The van der Waals surface area contributed by atoms with E-state index >= 15 is 0 Å². The van der Waals surface area contributed by atoms with Crippen molar-refractivity contribution in [2.45, 2.75) is 109 Å². The number of aliphatic hydroxyl groups is 2. The number of aliphatic hydroxyl groups excluding tert-OH is 2. The molecule has 6 rings (SSSR count). The molecule has 2 aliphatic carbocycles. The number of carbonyl (C=O) groups excluding carboxylic acids is 1. The monoisotopic (exact) mass is 728 g/mol. The molecule has 53 heavy (non-hydrogen) atoms. The van der Waals surface area contributed by atoms with E-state index in [0.717, 1.165) is 30.4 Å². The maximum absolute atomic E-state index is 12.8. The maximum atomic E-state index is 12.8. The van der Waals surface area contributed by atoms with Crippen LogP contribution in [0, 0.1) is 11.8 Å². The van der Waals surface area contributed by atoms with Crippen LogP contribution in [0.3, 0.4) is 0 Å². The quantitative estimate of drug-likeness (QED) is 0.103. The number of nitrogens with one attached hydrogen (secondary N) is 2. The normalized spacial score (nSPS) is 23.0. The lowest BCUT2D eigenvalue weighted by molar-refractivity contribution is -0.116. The first-order valence-corrected chi connectivity index (χ1v) is 18.7. The van der Waals surface area contributed by atoms with Gasteiger partial charge in [-0.25, -0.2) is 15.0 Å². The van der Waals surface area contributed by atoms with E-state index in [2.05, 4.69) is 65.1 Å². The summed E-state index contributed by atoms with van der Waals surface area (Å²) >= 11 is 0. The number of ether oxygens (including phenoxy) is 2. The smallest absolute Gasteiger partial charge is 0.224 e. The highest BCUT2D eigenvalue weighted by Gasteiger charge is 2.45. The molecule has 2 aromatic heterocycles. The standard InChI is InChI=1S/C40H56N8O5/c1-23(2)47(28-14-24(15-28)8-13-34(49)46-31-12-10-27(17-30(31)41)40(3,4)5)20-26-16-32(37(51)36(26)50)48-22-45-35-38(43-21-44-39(35)48)42-19-25-9-11-29(52-6)18-33(25)53-7/h9-12,17-18,21-24,26,28,32,36-37,50-51H,8,13-16,19-20,41H2,1-7H3,(H,46,49)(H,42,43,44). The molecule has 0 saturated heterocycles. The second-order valence-electron chi connectivity index (χ2n) is 16.0. The number of aromatic nitrogens is 4. The first kappa shape index (κ1) is 38.3. The molecule has 1 amide bonds. The number of imidazole rings is 1. The predicted molar refractivity (Wildman–Crippen MR) is 207 cm³/mol. The van der Waals surface area contributed by atoms with Crippen LogP contribution < -0.4 is 25.8 Å². The van der Waals surface area contributed by atoms with Gasteiger partial charge in [0.1, 0.15) is 29.4 Å². The summed E-state index contributed by atoms with van der Waals surface area (Å²) in [7, 11) is 3.24. The van der Waals surface area contributed by atoms with Crippen molar-refractivity contribution in [2.24, 2.45) is 11.8 Å². The van der Waals surface area contributed by atoms with E-state index in [-0.39, 0.29) is 29.3 Å². The summed E-state index contributed by atoms with van der Waals surface area (Å²) in [6.45, 7) is 11.9. The fourth-order valence-electron chi connectivity index (χ4n) is 7.91. The largest absolute Gasteiger partial charge is 0.497 e. The lowest BCUT2D eigenvalue weighted by Gasteiger charge is -2.46. The minimum atomic E-state index is -0.965. The number of nitrogens with zero attached hydrogens (tertiary/aromatic N) is 5. The minimum absolute atomic E-state index is 0.0128. The molecule has 13 heteroatoms. The Hall–Kier alpha value is -4.46. The summed E-state index contributed by atoms with van der Waals surface area (Å²) in [5.74, 6) is 2.29. The van der Waals surface area contributed by atoms with Crippen molar-refractivity contribution in [1.29, 1.82) is 0 Å². The van der Waals surface area contributed by atoms with E-state index in [0.29, 0.717) is 77.7 Å². The molecular weight excluding hydrogens is 672 g/mol. The maximum Gasteiger partial charge on any atom is 0.224 e. The Morgan fingerprint density at radius 3 is 2.49 bits per heavy atom. The van der Waals surface area contributed by atoms with Crippen molar-refractivity contribution in [3.63, 3.8) is 0 Å². The van der Waals surface area contributed by atoms with E-state index in [1.807, 2.05) is 41.0 Å². The highest BCUT2D eigenvalue weighted by atomic mass is 16.5. The molecule has 0 bridgehead atoms. The molecule has 4 atom stereocenters. The van der Waals surface area contributed by atoms with Crippen LogP contribution in [-0.4, -0.2) is 85.6 Å². The third-order valence-electron chi connectivity index (χ3n) is 11.2. The SMILES string of the molecule is COc1ccc(CNc2ncnc3c2ncn3C2CC(CN(C(C)C)C3CC(CCC(=O)Nc4ccc(C(C)(C)C)cc4N)C3)C(O)C2O)c(OC)c1. The summed E-state index contributed by atoms with van der Waals surface area (Å²) in [5, 5.41) is 29.0. The first-order chi connectivity index (χ1) is 25.3. The van der Waals surface area contributed by atoms with Gasteiger partial charge in [0.25, 0.3) is 0 Å². The Kier molecular flexibility index (Phi) is 11.5. The van der Waals surface area contributed by atoms with Crippen LogP contribution in [-0.2, 0) is 16.8 Å². The Morgan fingerprint density at radius 2 is 1.81 bits per heavy atom. The van der Waals surface area contributed by atoms with Gasteiger partial charge in [-0.3, -0.25) is 9.69 Å². The molecular formula is C40H56N8O5. The van der Waals surface area contributed by atoms with Gasteiger partial charge >= 0.3 is 0 Å². The Labute approximate surface area is 312 Å². The van der Waals surface area contributed by atoms with E-state index in [1.54, 1.807) is 20.5 Å². The van der Waals surface area contributed by atoms with Gasteiger partial charge < -0.3 is 40.6 Å². The number of nitrogen functional groups attached to an aromatic ring is 1. The fourth-order valence-corrected chi connectivity index (χ4v) is 7.91. The van der Waals surface area contributed by atoms with Crippen molar-refractivity contribution < 1.29 is 24.5 Å². The number of benzene rings is 2. The molecule has 286 valence electrons. The summed E-state index contributed by atoms with van der Waals surface area (Å²) in [4.78, 5) is 28.9. The van der Waals surface area contributed by atoms with Crippen LogP contribution in [0.25, 0.3) is 11.2 Å². The van der Waals surface area contributed by atoms with Gasteiger partial charge in [0.05, 0.1) is 44.1 Å². The number of hydrogen-bond acceptors (Lipinski definition) is 11. The van der Waals surface area contributed by atoms with Gasteiger partial charge in [-0.1, -0.05) is 26.8 Å². The van der Waals surface area contributed by atoms with E-state index in [4.69, 9.17) is 15.2 Å². The zero-order valence-electron chi connectivity index (χ0n) is 32.0. The zero-order valence-corrected chi connectivity index (χ0v) is 32.0. The number of amides is 1. The average Bonchev–Trinajstić information content (AvgIpc) is 3.66. The van der Waals surface area contributed by atoms with Crippen LogP contribution in [0.2, 0.25) is 0 Å². The lowest BCUT2D eigenvalue weighted by Crippen LogP contribution is -2.51. The first-order valence-electron chi connectivity index (χ1n) is 18.7. The number of nitrogens with two attached hydrogens (primary N) is 1. The summed E-state index contributed by atoms with van der Waals surface area (Å²) in [5.41, 5.74) is 10.7. The van der Waals surface area contributed by atoms with Gasteiger partial charge in [-0.15, -0.1) is 0 Å². The van der Waals surface area contributed by atoms with Crippen LogP contribution >= 0.6 is 0 Å². The van der Waals surface area contributed by atoms with Crippen molar-refractivity contribution >= 4 is 34.3 Å².